The number of carboxylic acid groups (broad SMARTS) is 2. The predicted molar refractivity (Wildman–Crippen MR) is 37.1 cm³/mol. The van der Waals surface area contributed by atoms with E-state index in [1.165, 1.54) is 0 Å². The molecule has 1 atom stereocenters. The van der Waals surface area contributed by atoms with Crippen molar-refractivity contribution in [3.05, 3.63) is 0 Å². The molecular weight excluding hydrogens is 193 g/mol. The Kier molecular flexibility index (Phi) is 20.9. The molecule has 13 heavy (non-hydrogen) atoms. The molecule has 0 aliphatic rings. The zero-order chi connectivity index (χ0) is 8.15. The Morgan fingerprint density at radius 3 is 2.00 bits per heavy atom. The minimum Gasteiger partial charge on any atom is -0.548 e. The van der Waals surface area contributed by atoms with E-state index >= 15 is 0 Å². The van der Waals surface area contributed by atoms with Crippen LogP contribution < -0.4 is 40.4 Å². The van der Waals surface area contributed by atoms with Crippen LogP contribution in [-0.2, 0) is 9.59 Å². The van der Waals surface area contributed by atoms with Gasteiger partial charge in [0, 0.05) is 12.5 Å². The third-order valence-corrected chi connectivity index (χ3v) is 0.972. The van der Waals surface area contributed by atoms with E-state index in [4.69, 9.17) is 10.8 Å². The van der Waals surface area contributed by atoms with Crippen molar-refractivity contribution in [3.63, 3.8) is 0 Å². The second-order valence-electron chi connectivity index (χ2n) is 1.86. The number of hydrogen-bond donors (Lipinski definition) is 2. The average Bonchev–Trinajstić information content (AvgIpc) is 1.82. The maximum absolute atomic E-state index is 9.88. The van der Waals surface area contributed by atoms with Crippen molar-refractivity contribution < 1.29 is 60.3 Å². The molecule has 0 amide bonds. The molecule has 0 aromatic carbocycles. The first-order valence-corrected chi connectivity index (χ1v) is 2.72. The normalized spacial score (nSPS) is 9.62. The zero-order valence-electron chi connectivity index (χ0n) is 7.24. The second-order valence-corrected chi connectivity index (χ2v) is 1.86. The van der Waals surface area contributed by atoms with Gasteiger partial charge in [0.1, 0.15) is 0 Å². The summed E-state index contributed by atoms with van der Waals surface area (Å²) in [7, 11) is 0. The van der Waals surface area contributed by atoms with Crippen LogP contribution in [0.4, 0.5) is 0 Å². The van der Waals surface area contributed by atoms with Crippen LogP contribution in [0.25, 0.3) is 0 Å². The SMILES string of the molecule is NC(CCC(=O)O)C(=O)[O-].O.O.[Na+]. The third-order valence-electron chi connectivity index (χ3n) is 0.972. The summed E-state index contributed by atoms with van der Waals surface area (Å²) in [6.07, 6.45) is -0.327. The van der Waals surface area contributed by atoms with Gasteiger partial charge in [-0.15, -0.1) is 0 Å². The summed E-state index contributed by atoms with van der Waals surface area (Å²) < 4.78 is 0. The van der Waals surface area contributed by atoms with Gasteiger partial charge in [-0.2, -0.15) is 0 Å². The summed E-state index contributed by atoms with van der Waals surface area (Å²) in [4.78, 5) is 19.7. The van der Waals surface area contributed by atoms with Crippen LogP contribution in [0.3, 0.4) is 0 Å². The molecule has 0 rings (SSSR count). The largest absolute Gasteiger partial charge is 1.00 e. The van der Waals surface area contributed by atoms with Crippen LogP contribution >= 0.6 is 0 Å². The zero-order valence-corrected chi connectivity index (χ0v) is 9.24. The van der Waals surface area contributed by atoms with Crippen molar-refractivity contribution >= 4 is 11.9 Å². The predicted octanol–water partition coefficient (Wildman–Crippen LogP) is -6.72. The van der Waals surface area contributed by atoms with Crippen LogP contribution in [0, 0.1) is 0 Å². The molecule has 0 aliphatic heterocycles. The van der Waals surface area contributed by atoms with E-state index in [-0.39, 0.29) is 53.4 Å². The molecule has 0 fully saturated rings. The van der Waals surface area contributed by atoms with E-state index in [9.17, 15) is 14.7 Å². The third kappa shape index (κ3) is 14.7. The number of nitrogens with two attached hydrogens (primary N) is 1. The van der Waals surface area contributed by atoms with Crippen molar-refractivity contribution in [1.82, 2.24) is 0 Å². The number of carbonyl (C=O) groups is 2. The van der Waals surface area contributed by atoms with Gasteiger partial charge < -0.3 is 31.7 Å². The number of carboxylic acids is 2. The van der Waals surface area contributed by atoms with Gasteiger partial charge in [-0.25, -0.2) is 0 Å². The molecular formula is C5H12NNaO6. The van der Waals surface area contributed by atoms with Crippen molar-refractivity contribution in [3.8, 4) is 0 Å². The van der Waals surface area contributed by atoms with E-state index in [1.807, 2.05) is 0 Å². The Morgan fingerprint density at radius 1 is 1.38 bits per heavy atom. The summed E-state index contributed by atoms with van der Waals surface area (Å²) in [6, 6.07) is -1.17. The number of aliphatic carboxylic acids is 2. The minimum atomic E-state index is -1.42. The average molecular weight is 205 g/mol. The minimum absolute atomic E-state index is 0. The molecule has 7 nitrogen and oxygen atoms in total. The first-order chi connectivity index (χ1) is 4.54. The fourth-order valence-electron chi connectivity index (χ4n) is 0.397. The van der Waals surface area contributed by atoms with Crippen LogP contribution in [0.15, 0.2) is 0 Å². The maximum Gasteiger partial charge on any atom is 1.00 e. The molecule has 1 unspecified atom stereocenters. The molecule has 0 aromatic heterocycles. The number of carbonyl (C=O) groups excluding carboxylic acids is 1. The topological polar surface area (TPSA) is 166 Å². The Morgan fingerprint density at radius 2 is 1.77 bits per heavy atom. The van der Waals surface area contributed by atoms with Gasteiger partial charge in [0.2, 0.25) is 0 Å². The fourth-order valence-corrected chi connectivity index (χ4v) is 0.397. The molecule has 0 saturated heterocycles. The van der Waals surface area contributed by atoms with E-state index in [2.05, 4.69) is 0 Å². The van der Waals surface area contributed by atoms with E-state index < -0.39 is 18.0 Å². The quantitative estimate of drug-likeness (QED) is 0.434. The summed E-state index contributed by atoms with van der Waals surface area (Å²) in [5, 5.41) is 18.0. The molecule has 0 saturated carbocycles. The molecule has 7 N–H and O–H groups in total. The van der Waals surface area contributed by atoms with Crippen molar-refractivity contribution in [2.45, 2.75) is 18.9 Å². The Hall–Kier alpha value is -0.180. The molecule has 0 radical (unpaired) electrons. The van der Waals surface area contributed by atoms with E-state index in [0.717, 1.165) is 0 Å². The van der Waals surface area contributed by atoms with Gasteiger partial charge in [0.25, 0.3) is 0 Å². The summed E-state index contributed by atoms with van der Waals surface area (Å²) in [5.41, 5.74) is 4.94. The molecule has 0 aliphatic carbocycles. The van der Waals surface area contributed by atoms with Crippen LogP contribution in [0.1, 0.15) is 12.8 Å². The van der Waals surface area contributed by atoms with Crippen molar-refractivity contribution in [2.75, 3.05) is 0 Å². The van der Waals surface area contributed by atoms with Gasteiger partial charge in [-0.1, -0.05) is 0 Å². The molecule has 0 spiro atoms. The molecule has 74 valence electrons. The number of rotatable bonds is 4. The van der Waals surface area contributed by atoms with Gasteiger partial charge in [0.15, 0.2) is 0 Å². The van der Waals surface area contributed by atoms with Crippen molar-refractivity contribution in [2.24, 2.45) is 5.73 Å². The van der Waals surface area contributed by atoms with Crippen LogP contribution in [0.5, 0.6) is 0 Å². The summed E-state index contributed by atoms with van der Waals surface area (Å²) >= 11 is 0. The maximum atomic E-state index is 9.88. The smallest absolute Gasteiger partial charge is 0.548 e. The first-order valence-electron chi connectivity index (χ1n) is 2.72. The van der Waals surface area contributed by atoms with E-state index in [0.29, 0.717) is 0 Å². The monoisotopic (exact) mass is 205 g/mol. The van der Waals surface area contributed by atoms with E-state index in [1.54, 1.807) is 0 Å². The fraction of sp³-hybridized carbons (Fsp3) is 0.600. The second kappa shape index (κ2) is 11.8. The number of hydrogen-bond acceptors (Lipinski definition) is 4. The Bertz CT molecular complexity index is 152. The van der Waals surface area contributed by atoms with Gasteiger partial charge in [-0.3, -0.25) is 4.79 Å². The Balaban J connectivity index is -0.000000135. The van der Waals surface area contributed by atoms with Crippen LogP contribution in [0.2, 0.25) is 0 Å². The molecule has 0 aromatic rings. The van der Waals surface area contributed by atoms with Gasteiger partial charge in [0.05, 0.1) is 5.97 Å². The molecule has 0 heterocycles. The summed E-state index contributed by atoms with van der Waals surface area (Å²) in [6.45, 7) is 0. The standard InChI is InChI=1S/C5H9NO4.Na.2H2O/c6-3(5(9)10)1-2-4(7)8;;;/h3H,1-2,6H2,(H,7,8)(H,9,10);;2*1H2/q;+1;;/p-1. The molecule has 8 heteroatoms. The van der Waals surface area contributed by atoms with Crippen LogP contribution in [-0.4, -0.2) is 34.0 Å². The Labute approximate surface area is 96.8 Å². The van der Waals surface area contributed by atoms with Crippen molar-refractivity contribution in [1.29, 1.82) is 0 Å². The first kappa shape index (κ1) is 23.0. The van der Waals surface area contributed by atoms with Gasteiger partial charge >= 0.3 is 35.5 Å². The molecule has 0 bridgehead atoms. The summed E-state index contributed by atoms with van der Waals surface area (Å²) in [5.74, 6) is -2.47. The van der Waals surface area contributed by atoms with Gasteiger partial charge in [-0.05, 0) is 6.42 Å².